The lowest BCUT2D eigenvalue weighted by molar-refractivity contribution is 0.626. The SMILES string of the molecule is CN(Cc1ccc(F)cc1C#CCN)c1ccccc1. The van der Waals surface area contributed by atoms with Crippen molar-refractivity contribution in [1.29, 1.82) is 0 Å². The number of benzene rings is 2. The van der Waals surface area contributed by atoms with E-state index in [1.165, 1.54) is 12.1 Å². The number of rotatable bonds is 3. The van der Waals surface area contributed by atoms with E-state index in [1.54, 1.807) is 6.07 Å². The Kier molecular flexibility index (Phi) is 4.75. The van der Waals surface area contributed by atoms with Crippen molar-refractivity contribution >= 4 is 5.69 Å². The summed E-state index contributed by atoms with van der Waals surface area (Å²) < 4.78 is 13.3. The molecule has 0 fully saturated rings. The van der Waals surface area contributed by atoms with Crippen LogP contribution in [0.15, 0.2) is 48.5 Å². The summed E-state index contributed by atoms with van der Waals surface area (Å²) in [6, 6.07) is 14.7. The molecule has 3 heteroatoms. The summed E-state index contributed by atoms with van der Waals surface area (Å²) in [5.74, 6) is 5.43. The van der Waals surface area contributed by atoms with Crippen LogP contribution in [-0.2, 0) is 6.54 Å². The van der Waals surface area contributed by atoms with Gasteiger partial charge >= 0.3 is 0 Å². The van der Waals surface area contributed by atoms with Gasteiger partial charge in [-0.15, -0.1) is 0 Å². The van der Waals surface area contributed by atoms with Crippen LogP contribution in [0.4, 0.5) is 10.1 Å². The Balaban J connectivity index is 2.25. The molecule has 0 aliphatic rings. The van der Waals surface area contributed by atoms with Crippen LogP contribution in [0.3, 0.4) is 0 Å². The molecule has 0 atom stereocenters. The minimum atomic E-state index is -0.280. The molecule has 0 saturated heterocycles. The zero-order valence-electron chi connectivity index (χ0n) is 11.4. The van der Waals surface area contributed by atoms with Gasteiger partial charge in [0.25, 0.3) is 0 Å². The highest BCUT2D eigenvalue weighted by atomic mass is 19.1. The van der Waals surface area contributed by atoms with E-state index in [0.29, 0.717) is 12.1 Å². The minimum absolute atomic E-state index is 0.268. The second-order valence-electron chi connectivity index (χ2n) is 4.50. The maximum Gasteiger partial charge on any atom is 0.124 e. The number of halogens is 1. The molecular formula is C17H17FN2. The highest BCUT2D eigenvalue weighted by molar-refractivity contribution is 5.48. The molecule has 20 heavy (non-hydrogen) atoms. The maximum absolute atomic E-state index is 13.3. The Hall–Kier alpha value is -2.31. The lowest BCUT2D eigenvalue weighted by Gasteiger charge is -2.20. The molecule has 2 aromatic carbocycles. The van der Waals surface area contributed by atoms with Crippen molar-refractivity contribution in [3.8, 4) is 11.8 Å². The number of anilines is 1. The van der Waals surface area contributed by atoms with Crippen molar-refractivity contribution in [2.45, 2.75) is 6.54 Å². The molecule has 0 radical (unpaired) electrons. The van der Waals surface area contributed by atoms with Crippen LogP contribution >= 0.6 is 0 Å². The van der Waals surface area contributed by atoms with Gasteiger partial charge in [0, 0.05) is 24.8 Å². The van der Waals surface area contributed by atoms with Crippen molar-refractivity contribution in [1.82, 2.24) is 0 Å². The first-order valence-electron chi connectivity index (χ1n) is 6.44. The van der Waals surface area contributed by atoms with Crippen LogP contribution in [0.5, 0.6) is 0 Å². The molecular weight excluding hydrogens is 251 g/mol. The van der Waals surface area contributed by atoms with Gasteiger partial charge in [-0.25, -0.2) is 4.39 Å². The fourth-order valence-corrected chi connectivity index (χ4v) is 1.98. The third-order valence-corrected chi connectivity index (χ3v) is 3.00. The molecule has 0 saturated carbocycles. The molecule has 2 rings (SSSR count). The first kappa shape index (κ1) is 14.1. The molecule has 2 aromatic rings. The zero-order chi connectivity index (χ0) is 14.4. The number of para-hydroxylation sites is 1. The van der Waals surface area contributed by atoms with Crippen LogP contribution < -0.4 is 10.6 Å². The van der Waals surface area contributed by atoms with E-state index in [0.717, 1.165) is 11.3 Å². The van der Waals surface area contributed by atoms with Gasteiger partial charge in [0.2, 0.25) is 0 Å². The Morgan fingerprint density at radius 3 is 2.60 bits per heavy atom. The predicted octanol–water partition coefficient (Wildman–Crippen LogP) is 2.77. The fraction of sp³-hybridized carbons (Fsp3) is 0.176. The van der Waals surface area contributed by atoms with Gasteiger partial charge in [0.1, 0.15) is 5.82 Å². The van der Waals surface area contributed by atoms with E-state index in [1.807, 2.05) is 37.4 Å². The van der Waals surface area contributed by atoms with Crippen molar-refractivity contribution in [2.24, 2.45) is 5.73 Å². The Labute approximate surface area is 119 Å². The zero-order valence-corrected chi connectivity index (χ0v) is 11.4. The van der Waals surface area contributed by atoms with Crippen LogP contribution in [0.2, 0.25) is 0 Å². The van der Waals surface area contributed by atoms with Gasteiger partial charge in [0.15, 0.2) is 0 Å². The van der Waals surface area contributed by atoms with E-state index in [-0.39, 0.29) is 12.4 Å². The number of nitrogens with two attached hydrogens (primary N) is 1. The van der Waals surface area contributed by atoms with E-state index >= 15 is 0 Å². The third kappa shape index (κ3) is 3.59. The molecule has 102 valence electrons. The molecule has 0 spiro atoms. The van der Waals surface area contributed by atoms with E-state index in [2.05, 4.69) is 16.7 Å². The summed E-state index contributed by atoms with van der Waals surface area (Å²) in [5.41, 5.74) is 8.16. The largest absolute Gasteiger partial charge is 0.370 e. The lowest BCUT2D eigenvalue weighted by atomic mass is 10.1. The first-order valence-corrected chi connectivity index (χ1v) is 6.44. The predicted molar refractivity (Wildman–Crippen MR) is 80.9 cm³/mol. The Morgan fingerprint density at radius 1 is 1.15 bits per heavy atom. The Bertz CT molecular complexity index is 626. The van der Waals surface area contributed by atoms with Gasteiger partial charge in [-0.3, -0.25) is 0 Å². The average Bonchev–Trinajstić information content (AvgIpc) is 2.48. The molecule has 0 heterocycles. The maximum atomic E-state index is 13.3. The molecule has 0 aromatic heterocycles. The number of hydrogen-bond acceptors (Lipinski definition) is 2. The number of nitrogens with zero attached hydrogens (tertiary/aromatic N) is 1. The van der Waals surface area contributed by atoms with E-state index in [4.69, 9.17) is 5.73 Å². The molecule has 0 unspecified atom stereocenters. The van der Waals surface area contributed by atoms with Crippen molar-refractivity contribution in [2.75, 3.05) is 18.5 Å². The van der Waals surface area contributed by atoms with E-state index in [9.17, 15) is 4.39 Å². The van der Waals surface area contributed by atoms with Crippen molar-refractivity contribution in [3.05, 3.63) is 65.5 Å². The average molecular weight is 268 g/mol. The Morgan fingerprint density at radius 2 is 1.90 bits per heavy atom. The normalized spacial score (nSPS) is 9.75. The van der Waals surface area contributed by atoms with Crippen molar-refractivity contribution < 1.29 is 4.39 Å². The summed E-state index contributed by atoms with van der Waals surface area (Å²) in [6.07, 6.45) is 0. The molecule has 0 aliphatic heterocycles. The van der Waals surface area contributed by atoms with Gasteiger partial charge in [-0.1, -0.05) is 36.1 Å². The second kappa shape index (κ2) is 6.74. The van der Waals surface area contributed by atoms with Crippen LogP contribution in [0.25, 0.3) is 0 Å². The summed E-state index contributed by atoms with van der Waals surface area (Å²) in [7, 11) is 2.00. The molecule has 0 aliphatic carbocycles. The molecule has 0 amide bonds. The molecule has 2 N–H and O–H groups in total. The monoisotopic (exact) mass is 268 g/mol. The van der Waals surface area contributed by atoms with Crippen molar-refractivity contribution in [3.63, 3.8) is 0 Å². The highest BCUT2D eigenvalue weighted by Gasteiger charge is 2.06. The summed E-state index contributed by atoms with van der Waals surface area (Å²) in [5, 5.41) is 0. The van der Waals surface area contributed by atoms with Gasteiger partial charge in [-0.05, 0) is 29.8 Å². The highest BCUT2D eigenvalue weighted by Crippen LogP contribution is 2.17. The van der Waals surface area contributed by atoms with Gasteiger partial charge in [-0.2, -0.15) is 0 Å². The van der Waals surface area contributed by atoms with E-state index < -0.39 is 0 Å². The molecule has 2 nitrogen and oxygen atoms in total. The fourth-order valence-electron chi connectivity index (χ4n) is 1.98. The minimum Gasteiger partial charge on any atom is -0.370 e. The quantitative estimate of drug-likeness (QED) is 0.867. The first-order chi connectivity index (χ1) is 9.70. The summed E-state index contributed by atoms with van der Waals surface area (Å²) in [4.78, 5) is 2.10. The number of hydrogen-bond donors (Lipinski definition) is 1. The summed E-state index contributed by atoms with van der Waals surface area (Å²) >= 11 is 0. The molecule has 0 bridgehead atoms. The lowest BCUT2D eigenvalue weighted by Crippen LogP contribution is -2.17. The van der Waals surface area contributed by atoms with Crippen LogP contribution in [-0.4, -0.2) is 13.6 Å². The topological polar surface area (TPSA) is 29.3 Å². The van der Waals surface area contributed by atoms with Gasteiger partial charge < -0.3 is 10.6 Å². The van der Waals surface area contributed by atoms with Crippen LogP contribution in [0, 0.1) is 17.7 Å². The van der Waals surface area contributed by atoms with Crippen LogP contribution in [0.1, 0.15) is 11.1 Å². The second-order valence-corrected chi connectivity index (χ2v) is 4.50. The summed E-state index contributed by atoms with van der Waals surface area (Å²) in [6.45, 7) is 0.934. The smallest absolute Gasteiger partial charge is 0.124 e. The third-order valence-electron chi connectivity index (χ3n) is 3.00. The standard InChI is InChI=1S/C17H17FN2/c1-20(17-7-3-2-4-8-17)13-15-9-10-16(18)12-14(15)6-5-11-19/h2-4,7-10,12H,11,13,19H2,1H3. The van der Waals surface area contributed by atoms with Gasteiger partial charge in [0.05, 0.1) is 6.54 Å².